The van der Waals surface area contributed by atoms with Crippen molar-refractivity contribution in [1.82, 2.24) is 24.5 Å². The van der Waals surface area contributed by atoms with Gasteiger partial charge < -0.3 is 4.90 Å². The number of aromatic nitrogens is 4. The van der Waals surface area contributed by atoms with Crippen LogP contribution >= 0.6 is 23.1 Å². The van der Waals surface area contributed by atoms with Crippen molar-refractivity contribution >= 4 is 44.9 Å². The molecule has 1 amide bonds. The van der Waals surface area contributed by atoms with Crippen LogP contribution < -0.4 is 0 Å². The quantitative estimate of drug-likeness (QED) is 0.582. The molecule has 3 heterocycles. The zero-order chi connectivity index (χ0) is 20.0. The van der Waals surface area contributed by atoms with Crippen LogP contribution in [0.5, 0.6) is 0 Å². The number of fused-ring (bicyclic) bond motifs is 5. The van der Waals surface area contributed by atoms with Crippen molar-refractivity contribution in [2.75, 3.05) is 5.75 Å². The molecule has 28 heavy (non-hydrogen) atoms. The molecule has 1 atom stereocenters. The lowest BCUT2D eigenvalue weighted by atomic mass is 9.89. The molecular formula is C20H27N5OS2. The van der Waals surface area contributed by atoms with Crippen LogP contribution in [0.2, 0.25) is 0 Å². The van der Waals surface area contributed by atoms with Gasteiger partial charge in [0.15, 0.2) is 10.8 Å². The highest BCUT2D eigenvalue weighted by Gasteiger charge is 2.25. The van der Waals surface area contributed by atoms with Gasteiger partial charge in [-0.05, 0) is 58.4 Å². The highest BCUT2D eigenvalue weighted by molar-refractivity contribution is 7.99. The van der Waals surface area contributed by atoms with Gasteiger partial charge in [0.2, 0.25) is 5.91 Å². The van der Waals surface area contributed by atoms with Crippen LogP contribution in [0.15, 0.2) is 11.5 Å². The van der Waals surface area contributed by atoms with E-state index < -0.39 is 0 Å². The summed E-state index contributed by atoms with van der Waals surface area (Å²) in [6, 6.07) is 0.369. The summed E-state index contributed by atoms with van der Waals surface area (Å²) in [7, 11) is 0. The molecule has 0 aromatic carbocycles. The van der Waals surface area contributed by atoms with Gasteiger partial charge in [0.05, 0.1) is 11.1 Å². The SMILES string of the molecule is CC(C)N(C(=O)CSc1nnc2c3c4c(sc3ncn12)C[C@@H](C)CC4)C(C)C. The number of aryl methyl sites for hydroxylation is 1. The van der Waals surface area contributed by atoms with E-state index in [9.17, 15) is 4.79 Å². The first-order valence-corrected chi connectivity index (χ1v) is 11.7. The van der Waals surface area contributed by atoms with Crippen LogP contribution in [0, 0.1) is 5.92 Å². The number of hydrogen-bond acceptors (Lipinski definition) is 6. The highest BCUT2D eigenvalue weighted by atomic mass is 32.2. The monoisotopic (exact) mass is 417 g/mol. The van der Waals surface area contributed by atoms with Gasteiger partial charge in [0.1, 0.15) is 11.2 Å². The summed E-state index contributed by atoms with van der Waals surface area (Å²) in [4.78, 5) is 21.8. The normalized spacial score (nSPS) is 17.0. The van der Waals surface area contributed by atoms with E-state index in [1.165, 1.54) is 28.6 Å². The molecule has 0 radical (unpaired) electrons. The van der Waals surface area contributed by atoms with E-state index in [0.29, 0.717) is 5.75 Å². The summed E-state index contributed by atoms with van der Waals surface area (Å²) in [6.07, 6.45) is 5.24. The smallest absolute Gasteiger partial charge is 0.233 e. The lowest BCUT2D eigenvalue weighted by Gasteiger charge is -2.30. The molecule has 150 valence electrons. The topological polar surface area (TPSA) is 63.4 Å². The minimum absolute atomic E-state index is 0.127. The van der Waals surface area contributed by atoms with Crippen LogP contribution in [0.25, 0.3) is 15.9 Å². The Bertz CT molecular complexity index is 1010. The van der Waals surface area contributed by atoms with E-state index >= 15 is 0 Å². The second kappa shape index (κ2) is 7.63. The average molecular weight is 418 g/mol. The summed E-state index contributed by atoms with van der Waals surface area (Å²) in [6.45, 7) is 10.5. The average Bonchev–Trinajstić information content (AvgIpc) is 3.18. The zero-order valence-corrected chi connectivity index (χ0v) is 18.7. The summed E-state index contributed by atoms with van der Waals surface area (Å²) < 4.78 is 1.94. The maximum Gasteiger partial charge on any atom is 0.233 e. The molecule has 0 saturated heterocycles. The number of carbonyl (C=O) groups excluding carboxylic acids is 1. The zero-order valence-electron chi connectivity index (χ0n) is 17.1. The summed E-state index contributed by atoms with van der Waals surface area (Å²) >= 11 is 3.23. The van der Waals surface area contributed by atoms with Crippen molar-refractivity contribution < 1.29 is 4.79 Å². The lowest BCUT2D eigenvalue weighted by molar-refractivity contribution is -0.131. The highest BCUT2D eigenvalue weighted by Crippen LogP contribution is 2.39. The van der Waals surface area contributed by atoms with E-state index in [1.54, 1.807) is 17.7 Å². The Balaban J connectivity index is 1.63. The molecule has 0 aliphatic heterocycles. The Labute approximate surface area is 173 Å². The summed E-state index contributed by atoms with van der Waals surface area (Å²) in [5.41, 5.74) is 2.28. The number of hydrogen-bond donors (Lipinski definition) is 0. The number of thioether (sulfide) groups is 1. The third-order valence-corrected chi connectivity index (χ3v) is 7.49. The molecule has 1 aliphatic rings. The Morgan fingerprint density at radius 1 is 1.32 bits per heavy atom. The van der Waals surface area contributed by atoms with Gasteiger partial charge in [-0.25, -0.2) is 4.98 Å². The molecule has 3 aromatic rings. The molecular weight excluding hydrogens is 390 g/mol. The fourth-order valence-corrected chi connectivity index (χ4v) is 6.31. The fraction of sp³-hybridized carbons (Fsp3) is 0.600. The Hall–Kier alpha value is -1.67. The minimum Gasteiger partial charge on any atom is -0.337 e. The maximum absolute atomic E-state index is 12.7. The third-order valence-electron chi connectivity index (χ3n) is 5.40. The molecule has 0 bridgehead atoms. The predicted octanol–water partition coefficient (Wildman–Crippen LogP) is 4.20. The van der Waals surface area contributed by atoms with Crippen molar-refractivity contribution in [1.29, 1.82) is 0 Å². The third kappa shape index (κ3) is 3.41. The summed E-state index contributed by atoms with van der Waals surface area (Å²) in [5.74, 6) is 1.22. The Morgan fingerprint density at radius 3 is 2.79 bits per heavy atom. The maximum atomic E-state index is 12.7. The fourth-order valence-electron chi connectivity index (χ4n) is 4.19. The minimum atomic E-state index is 0.127. The van der Waals surface area contributed by atoms with Gasteiger partial charge in [0.25, 0.3) is 0 Å². The molecule has 3 aromatic heterocycles. The number of nitrogens with zero attached hydrogens (tertiary/aromatic N) is 5. The Kier molecular flexibility index (Phi) is 5.35. The van der Waals surface area contributed by atoms with Gasteiger partial charge in [0, 0.05) is 17.0 Å². The number of thiophene rings is 1. The van der Waals surface area contributed by atoms with Gasteiger partial charge in [-0.3, -0.25) is 9.20 Å². The molecule has 1 aliphatic carbocycles. The molecule has 8 heteroatoms. The van der Waals surface area contributed by atoms with Gasteiger partial charge in [-0.15, -0.1) is 21.5 Å². The first kappa shape index (κ1) is 19.6. The van der Waals surface area contributed by atoms with Crippen LogP contribution in [0.1, 0.15) is 51.5 Å². The van der Waals surface area contributed by atoms with Crippen LogP contribution in [0.3, 0.4) is 0 Å². The lowest BCUT2D eigenvalue weighted by Crippen LogP contribution is -2.43. The van der Waals surface area contributed by atoms with Crippen molar-refractivity contribution in [2.24, 2.45) is 5.92 Å². The van der Waals surface area contributed by atoms with E-state index in [2.05, 4.69) is 49.8 Å². The second-order valence-electron chi connectivity index (χ2n) is 8.23. The van der Waals surface area contributed by atoms with Gasteiger partial charge in [-0.2, -0.15) is 0 Å². The van der Waals surface area contributed by atoms with Crippen LogP contribution in [0.4, 0.5) is 0 Å². The number of amides is 1. The van der Waals surface area contributed by atoms with E-state index in [1.807, 2.05) is 9.30 Å². The van der Waals surface area contributed by atoms with Crippen molar-refractivity contribution in [3.63, 3.8) is 0 Å². The van der Waals surface area contributed by atoms with Gasteiger partial charge in [-0.1, -0.05) is 18.7 Å². The second-order valence-corrected chi connectivity index (χ2v) is 10.3. The van der Waals surface area contributed by atoms with Crippen molar-refractivity contribution in [2.45, 2.75) is 71.1 Å². The Morgan fingerprint density at radius 2 is 2.07 bits per heavy atom. The largest absolute Gasteiger partial charge is 0.337 e. The van der Waals surface area contributed by atoms with Crippen molar-refractivity contribution in [3.8, 4) is 0 Å². The molecule has 0 unspecified atom stereocenters. The molecule has 0 spiro atoms. The summed E-state index contributed by atoms with van der Waals surface area (Å²) in [5, 5.41) is 10.7. The molecule has 0 N–H and O–H groups in total. The number of carbonyl (C=O) groups is 1. The molecule has 0 saturated carbocycles. The van der Waals surface area contributed by atoms with Crippen LogP contribution in [-0.4, -0.2) is 48.2 Å². The first-order chi connectivity index (χ1) is 13.4. The molecule has 6 nitrogen and oxygen atoms in total. The van der Waals surface area contributed by atoms with E-state index in [4.69, 9.17) is 0 Å². The van der Waals surface area contributed by atoms with E-state index in [0.717, 1.165) is 39.8 Å². The molecule has 4 rings (SSSR count). The molecule has 0 fully saturated rings. The number of rotatable bonds is 5. The first-order valence-electron chi connectivity index (χ1n) is 9.94. The standard InChI is InChI=1S/C20H27N5OS2/c1-11(2)25(12(3)4)16(26)9-27-20-23-22-18-17-14-7-6-13(5)8-15(14)28-19(17)21-10-24(18)20/h10-13H,6-9H2,1-5H3/t13-/m0/s1. The van der Waals surface area contributed by atoms with Gasteiger partial charge >= 0.3 is 0 Å². The van der Waals surface area contributed by atoms with Crippen LogP contribution in [-0.2, 0) is 17.6 Å². The van der Waals surface area contributed by atoms with E-state index in [-0.39, 0.29) is 18.0 Å². The van der Waals surface area contributed by atoms with Crippen molar-refractivity contribution in [3.05, 3.63) is 16.8 Å². The predicted molar refractivity (Wildman–Crippen MR) is 115 cm³/mol.